The lowest BCUT2D eigenvalue weighted by atomic mass is 9.86. The van der Waals surface area contributed by atoms with Gasteiger partial charge in [0.2, 0.25) is 11.8 Å². The topological polar surface area (TPSA) is 49.4 Å². The predicted octanol–water partition coefficient (Wildman–Crippen LogP) is 1.94. The SMILES string of the molecule is CCCN1C(=O)C(C(C)CC)NC(=O)C1(C)CC. The van der Waals surface area contributed by atoms with Crippen LogP contribution in [0.3, 0.4) is 0 Å². The molecule has 1 N–H and O–H groups in total. The Labute approximate surface area is 110 Å². The minimum Gasteiger partial charge on any atom is -0.342 e. The molecule has 1 saturated heterocycles. The Balaban J connectivity index is 3.05. The smallest absolute Gasteiger partial charge is 0.246 e. The van der Waals surface area contributed by atoms with E-state index in [0.717, 1.165) is 12.8 Å². The second-order valence-corrected chi connectivity index (χ2v) is 5.45. The average Bonchev–Trinajstić information content (AvgIpc) is 2.38. The third-order valence-electron chi connectivity index (χ3n) is 4.25. The molecule has 0 spiro atoms. The number of rotatable bonds is 5. The largest absolute Gasteiger partial charge is 0.342 e. The predicted molar refractivity (Wildman–Crippen MR) is 72.1 cm³/mol. The highest BCUT2D eigenvalue weighted by atomic mass is 16.2. The van der Waals surface area contributed by atoms with Crippen LogP contribution < -0.4 is 5.32 Å². The zero-order valence-electron chi connectivity index (χ0n) is 12.2. The van der Waals surface area contributed by atoms with Gasteiger partial charge in [-0.25, -0.2) is 0 Å². The maximum atomic E-state index is 12.5. The number of piperazine rings is 1. The molecule has 0 radical (unpaired) electrons. The first-order valence-corrected chi connectivity index (χ1v) is 7.04. The molecule has 1 rings (SSSR count). The maximum Gasteiger partial charge on any atom is 0.246 e. The summed E-state index contributed by atoms with van der Waals surface area (Å²) in [6.07, 6.45) is 2.42. The lowest BCUT2D eigenvalue weighted by molar-refractivity contribution is -0.158. The lowest BCUT2D eigenvalue weighted by Gasteiger charge is -2.47. The highest BCUT2D eigenvalue weighted by Gasteiger charge is 2.48. The molecule has 0 aliphatic carbocycles. The van der Waals surface area contributed by atoms with E-state index in [-0.39, 0.29) is 23.8 Å². The van der Waals surface area contributed by atoms with Crippen LogP contribution in [-0.4, -0.2) is 34.8 Å². The quantitative estimate of drug-likeness (QED) is 0.815. The van der Waals surface area contributed by atoms with Crippen LogP contribution in [0.5, 0.6) is 0 Å². The van der Waals surface area contributed by atoms with E-state index in [1.807, 2.05) is 34.6 Å². The summed E-state index contributed by atoms with van der Waals surface area (Å²) in [6, 6.07) is -0.353. The molecule has 3 atom stereocenters. The molecule has 1 fully saturated rings. The zero-order valence-corrected chi connectivity index (χ0v) is 12.2. The van der Waals surface area contributed by atoms with Gasteiger partial charge in [0.25, 0.3) is 0 Å². The number of carbonyl (C=O) groups excluding carboxylic acids is 2. The van der Waals surface area contributed by atoms with Crippen molar-refractivity contribution in [3.8, 4) is 0 Å². The van der Waals surface area contributed by atoms with Gasteiger partial charge in [-0.3, -0.25) is 9.59 Å². The Morgan fingerprint density at radius 3 is 2.39 bits per heavy atom. The van der Waals surface area contributed by atoms with Crippen LogP contribution >= 0.6 is 0 Å². The molecule has 0 bridgehead atoms. The summed E-state index contributed by atoms with van der Waals surface area (Å²) < 4.78 is 0. The fraction of sp³-hybridized carbons (Fsp3) is 0.857. The molecule has 18 heavy (non-hydrogen) atoms. The standard InChI is InChI=1S/C14H26N2O2/c1-6-9-16-12(17)11(10(4)7-2)15-13(18)14(16,5)8-3/h10-11H,6-9H2,1-5H3,(H,15,18). The molecular weight excluding hydrogens is 228 g/mol. The first-order chi connectivity index (χ1) is 8.42. The second-order valence-electron chi connectivity index (χ2n) is 5.45. The number of carbonyl (C=O) groups is 2. The van der Waals surface area contributed by atoms with Gasteiger partial charge in [0.05, 0.1) is 0 Å². The zero-order chi connectivity index (χ0) is 13.9. The van der Waals surface area contributed by atoms with Gasteiger partial charge in [-0.2, -0.15) is 0 Å². The van der Waals surface area contributed by atoms with Crippen molar-refractivity contribution in [2.45, 2.75) is 65.5 Å². The van der Waals surface area contributed by atoms with Gasteiger partial charge >= 0.3 is 0 Å². The first-order valence-electron chi connectivity index (χ1n) is 7.04. The summed E-state index contributed by atoms with van der Waals surface area (Å²) >= 11 is 0. The molecule has 0 aromatic rings. The summed E-state index contributed by atoms with van der Waals surface area (Å²) in [5.74, 6) is 0.251. The monoisotopic (exact) mass is 254 g/mol. The number of hydrogen-bond donors (Lipinski definition) is 1. The Bertz CT molecular complexity index is 330. The highest BCUT2D eigenvalue weighted by Crippen LogP contribution is 2.27. The van der Waals surface area contributed by atoms with Gasteiger partial charge in [0.1, 0.15) is 11.6 Å². The van der Waals surface area contributed by atoms with Crippen molar-refractivity contribution in [3.05, 3.63) is 0 Å². The Kier molecular flexibility index (Phi) is 4.77. The molecule has 104 valence electrons. The molecule has 1 aliphatic heterocycles. The summed E-state index contributed by atoms with van der Waals surface area (Å²) in [6.45, 7) is 10.6. The van der Waals surface area contributed by atoms with E-state index in [4.69, 9.17) is 0 Å². The summed E-state index contributed by atoms with van der Waals surface area (Å²) in [5.41, 5.74) is -0.683. The average molecular weight is 254 g/mol. The summed E-state index contributed by atoms with van der Waals surface area (Å²) in [5, 5.41) is 2.92. The first kappa shape index (κ1) is 15.0. The molecule has 1 aliphatic rings. The van der Waals surface area contributed by atoms with Crippen LogP contribution in [-0.2, 0) is 9.59 Å². The van der Waals surface area contributed by atoms with Gasteiger partial charge in [-0.05, 0) is 25.7 Å². The van der Waals surface area contributed by atoms with Gasteiger partial charge in [-0.1, -0.05) is 34.1 Å². The summed E-state index contributed by atoms with van der Waals surface area (Å²) in [7, 11) is 0. The van der Waals surface area contributed by atoms with Crippen molar-refractivity contribution >= 4 is 11.8 Å². The van der Waals surface area contributed by atoms with E-state index in [1.165, 1.54) is 0 Å². The highest BCUT2D eigenvalue weighted by molar-refractivity contribution is 5.99. The minimum atomic E-state index is -0.683. The molecular formula is C14H26N2O2. The molecule has 4 heteroatoms. The van der Waals surface area contributed by atoms with E-state index in [9.17, 15) is 9.59 Å². The van der Waals surface area contributed by atoms with E-state index < -0.39 is 5.54 Å². The fourth-order valence-electron chi connectivity index (χ4n) is 2.45. The number of nitrogens with one attached hydrogen (secondary N) is 1. The Hall–Kier alpha value is -1.06. The van der Waals surface area contributed by atoms with Crippen molar-refractivity contribution in [2.75, 3.05) is 6.54 Å². The van der Waals surface area contributed by atoms with E-state index >= 15 is 0 Å². The normalized spacial score (nSPS) is 30.3. The lowest BCUT2D eigenvalue weighted by Crippen LogP contribution is -2.70. The van der Waals surface area contributed by atoms with Crippen LogP contribution in [0.15, 0.2) is 0 Å². The molecule has 0 saturated carbocycles. The number of amides is 2. The van der Waals surface area contributed by atoms with Crippen LogP contribution in [0, 0.1) is 5.92 Å². The third-order valence-corrected chi connectivity index (χ3v) is 4.25. The van der Waals surface area contributed by atoms with E-state index in [2.05, 4.69) is 5.32 Å². The molecule has 0 aromatic carbocycles. The molecule has 2 amide bonds. The number of hydrogen-bond acceptors (Lipinski definition) is 2. The molecule has 1 heterocycles. The van der Waals surface area contributed by atoms with Gasteiger partial charge in [0, 0.05) is 6.54 Å². The van der Waals surface area contributed by atoms with Crippen molar-refractivity contribution in [2.24, 2.45) is 5.92 Å². The Morgan fingerprint density at radius 1 is 1.33 bits per heavy atom. The van der Waals surface area contributed by atoms with Crippen molar-refractivity contribution in [1.29, 1.82) is 0 Å². The van der Waals surface area contributed by atoms with E-state index in [1.54, 1.807) is 4.90 Å². The van der Waals surface area contributed by atoms with Crippen molar-refractivity contribution in [1.82, 2.24) is 10.2 Å². The second kappa shape index (κ2) is 5.72. The summed E-state index contributed by atoms with van der Waals surface area (Å²) in [4.78, 5) is 26.6. The van der Waals surface area contributed by atoms with E-state index in [0.29, 0.717) is 13.0 Å². The van der Waals surface area contributed by atoms with Crippen molar-refractivity contribution in [3.63, 3.8) is 0 Å². The van der Waals surface area contributed by atoms with Gasteiger partial charge in [0.15, 0.2) is 0 Å². The van der Waals surface area contributed by atoms with Crippen LogP contribution in [0.2, 0.25) is 0 Å². The molecule has 4 nitrogen and oxygen atoms in total. The van der Waals surface area contributed by atoms with Gasteiger partial charge < -0.3 is 10.2 Å². The maximum absolute atomic E-state index is 12.5. The molecule has 0 aromatic heterocycles. The van der Waals surface area contributed by atoms with Crippen molar-refractivity contribution < 1.29 is 9.59 Å². The number of nitrogens with zero attached hydrogens (tertiary/aromatic N) is 1. The Morgan fingerprint density at radius 2 is 1.94 bits per heavy atom. The minimum absolute atomic E-state index is 0.0108. The van der Waals surface area contributed by atoms with Crippen LogP contribution in [0.4, 0.5) is 0 Å². The van der Waals surface area contributed by atoms with Gasteiger partial charge in [-0.15, -0.1) is 0 Å². The van der Waals surface area contributed by atoms with Crippen LogP contribution in [0.25, 0.3) is 0 Å². The molecule has 3 unspecified atom stereocenters. The third kappa shape index (κ3) is 2.38. The fourth-order valence-corrected chi connectivity index (χ4v) is 2.45. The van der Waals surface area contributed by atoms with Crippen LogP contribution in [0.1, 0.15) is 53.9 Å².